The van der Waals surface area contributed by atoms with Gasteiger partial charge < -0.3 is 15.4 Å². The summed E-state index contributed by atoms with van der Waals surface area (Å²) in [6.45, 7) is 3.71. The third-order valence-corrected chi connectivity index (χ3v) is 4.10. The predicted octanol–water partition coefficient (Wildman–Crippen LogP) is 5.67. The summed E-state index contributed by atoms with van der Waals surface area (Å²) >= 11 is 0. The van der Waals surface area contributed by atoms with Crippen molar-refractivity contribution in [1.82, 2.24) is 5.32 Å². The molecule has 0 aromatic heterocycles. The van der Waals surface area contributed by atoms with Gasteiger partial charge in [-0.05, 0) is 55.8 Å². The first-order valence-corrected chi connectivity index (χ1v) is 8.61. The molecule has 0 saturated heterocycles. The number of nitrogens with one attached hydrogen (secondary N) is 2. The van der Waals surface area contributed by atoms with Crippen molar-refractivity contribution < 1.29 is 13.9 Å². The van der Waals surface area contributed by atoms with Gasteiger partial charge in [-0.15, -0.1) is 0 Å². The zero-order chi connectivity index (χ0) is 19.3. The predicted molar refractivity (Wildman–Crippen MR) is 105 cm³/mol. The Morgan fingerprint density at radius 1 is 0.889 bits per heavy atom. The fourth-order valence-electron chi connectivity index (χ4n) is 2.65. The molecule has 0 atom stereocenters. The molecule has 2 N–H and O–H groups in total. The van der Waals surface area contributed by atoms with Crippen LogP contribution in [-0.4, -0.2) is 6.03 Å². The highest BCUT2D eigenvalue weighted by atomic mass is 19.1. The Kier molecular flexibility index (Phi) is 5.41. The van der Waals surface area contributed by atoms with Gasteiger partial charge in [0, 0.05) is 0 Å². The average Bonchev–Trinajstić information content (AvgIpc) is 2.64. The molecule has 3 rings (SSSR count). The lowest BCUT2D eigenvalue weighted by atomic mass is 9.94. The van der Waals surface area contributed by atoms with E-state index in [-0.39, 0.29) is 11.8 Å². The van der Waals surface area contributed by atoms with Gasteiger partial charge in [0.2, 0.25) is 0 Å². The minimum atomic E-state index is -0.674. The molecule has 5 heteroatoms. The molecule has 0 aliphatic carbocycles. The number of urea groups is 1. The van der Waals surface area contributed by atoms with Crippen LogP contribution in [0, 0.1) is 5.82 Å². The molecule has 2 amide bonds. The van der Waals surface area contributed by atoms with Crippen LogP contribution in [0.5, 0.6) is 11.5 Å². The number of anilines is 1. The van der Waals surface area contributed by atoms with Crippen molar-refractivity contribution >= 4 is 11.7 Å². The van der Waals surface area contributed by atoms with Crippen LogP contribution in [0.3, 0.4) is 0 Å². The largest absolute Gasteiger partial charge is 0.455 e. The lowest BCUT2D eigenvalue weighted by Crippen LogP contribution is -2.43. The fourth-order valence-corrected chi connectivity index (χ4v) is 2.65. The summed E-state index contributed by atoms with van der Waals surface area (Å²) in [5, 5.41) is 5.72. The Labute approximate surface area is 158 Å². The van der Waals surface area contributed by atoms with E-state index in [9.17, 15) is 9.18 Å². The van der Waals surface area contributed by atoms with Crippen LogP contribution in [0.4, 0.5) is 14.9 Å². The summed E-state index contributed by atoms with van der Waals surface area (Å²) in [5.41, 5.74) is 0.675. The number of ether oxygens (including phenoxy) is 1. The number of carbonyl (C=O) groups is 1. The number of para-hydroxylation sites is 3. The second-order valence-electron chi connectivity index (χ2n) is 6.62. The SMILES string of the molecule is CC(C)(NC(=O)Nc1ccccc1Oc1ccccc1)c1ccc(F)cc1. The molecule has 138 valence electrons. The summed E-state index contributed by atoms with van der Waals surface area (Å²) in [6, 6.07) is 22.2. The van der Waals surface area contributed by atoms with Crippen molar-refractivity contribution in [2.45, 2.75) is 19.4 Å². The van der Waals surface area contributed by atoms with Gasteiger partial charge in [-0.1, -0.05) is 42.5 Å². The Morgan fingerprint density at radius 3 is 2.22 bits per heavy atom. The molecule has 0 aliphatic heterocycles. The average molecular weight is 364 g/mol. The number of rotatable bonds is 5. The maximum atomic E-state index is 13.1. The molecule has 0 bridgehead atoms. The summed E-state index contributed by atoms with van der Waals surface area (Å²) < 4.78 is 19.0. The topological polar surface area (TPSA) is 50.4 Å². The van der Waals surface area contributed by atoms with E-state index < -0.39 is 5.54 Å². The van der Waals surface area contributed by atoms with E-state index in [0.717, 1.165) is 5.56 Å². The minimum absolute atomic E-state index is 0.314. The Bertz CT molecular complexity index is 909. The van der Waals surface area contributed by atoms with E-state index in [0.29, 0.717) is 17.2 Å². The first kappa shape index (κ1) is 18.5. The van der Waals surface area contributed by atoms with Crippen molar-refractivity contribution in [3.8, 4) is 11.5 Å². The lowest BCUT2D eigenvalue weighted by molar-refractivity contribution is 0.241. The summed E-state index contributed by atoms with van der Waals surface area (Å²) in [5.74, 6) is 0.906. The Morgan fingerprint density at radius 2 is 1.52 bits per heavy atom. The van der Waals surface area contributed by atoms with Crippen LogP contribution in [-0.2, 0) is 5.54 Å². The zero-order valence-corrected chi connectivity index (χ0v) is 15.2. The molecule has 0 unspecified atom stereocenters. The molecule has 4 nitrogen and oxygen atoms in total. The second kappa shape index (κ2) is 7.91. The zero-order valence-electron chi connectivity index (χ0n) is 15.2. The Hall–Kier alpha value is -3.34. The number of hydrogen-bond donors (Lipinski definition) is 2. The number of halogens is 1. The normalized spacial score (nSPS) is 10.9. The molecule has 3 aromatic rings. The molecule has 3 aromatic carbocycles. The molecule has 0 heterocycles. The van der Waals surface area contributed by atoms with Gasteiger partial charge in [-0.2, -0.15) is 0 Å². The number of benzene rings is 3. The van der Waals surface area contributed by atoms with Gasteiger partial charge in [-0.3, -0.25) is 0 Å². The summed E-state index contributed by atoms with van der Waals surface area (Å²) in [7, 11) is 0. The maximum absolute atomic E-state index is 13.1. The van der Waals surface area contributed by atoms with Gasteiger partial charge in [0.15, 0.2) is 5.75 Å². The quantitative estimate of drug-likeness (QED) is 0.612. The number of hydrogen-bond acceptors (Lipinski definition) is 2. The summed E-state index contributed by atoms with van der Waals surface area (Å²) in [6.07, 6.45) is 0. The molecule has 0 spiro atoms. The van der Waals surface area contributed by atoms with Gasteiger partial charge in [0.1, 0.15) is 11.6 Å². The van der Waals surface area contributed by atoms with Crippen molar-refractivity contribution in [2.24, 2.45) is 0 Å². The van der Waals surface area contributed by atoms with Gasteiger partial charge in [0.05, 0.1) is 11.2 Å². The highest BCUT2D eigenvalue weighted by Crippen LogP contribution is 2.29. The number of amides is 2. The van der Waals surface area contributed by atoms with Gasteiger partial charge in [0.25, 0.3) is 0 Å². The van der Waals surface area contributed by atoms with E-state index in [2.05, 4.69) is 10.6 Å². The molecule has 0 fully saturated rings. The number of carbonyl (C=O) groups excluding carboxylic acids is 1. The standard InChI is InChI=1S/C22H21FN2O2/c1-22(2,16-12-14-17(23)15-13-16)25-21(26)24-19-10-6-7-11-20(19)27-18-8-4-3-5-9-18/h3-15H,1-2H3,(H2,24,25,26). The van der Waals surface area contributed by atoms with Crippen LogP contribution >= 0.6 is 0 Å². The smallest absolute Gasteiger partial charge is 0.320 e. The highest BCUT2D eigenvalue weighted by Gasteiger charge is 2.23. The molecule has 27 heavy (non-hydrogen) atoms. The fraction of sp³-hybridized carbons (Fsp3) is 0.136. The molecule has 0 radical (unpaired) electrons. The molecule has 0 saturated carbocycles. The van der Waals surface area contributed by atoms with Crippen molar-refractivity contribution in [2.75, 3.05) is 5.32 Å². The monoisotopic (exact) mass is 364 g/mol. The van der Waals surface area contributed by atoms with Crippen LogP contribution in [0.15, 0.2) is 78.9 Å². The van der Waals surface area contributed by atoms with Crippen molar-refractivity contribution in [3.05, 3.63) is 90.2 Å². The summed E-state index contributed by atoms with van der Waals surface area (Å²) in [4.78, 5) is 12.5. The first-order chi connectivity index (χ1) is 12.9. The van der Waals surface area contributed by atoms with Crippen LogP contribution in [0.2, 0.25) is 0 Å². The first-order valence-electron chi connectivity index (χ1n) is 8.61. The van der Waals surface area contributed by atoms with E-state index in [4.69, 9.17) is 4.74 Å². The highest BCUT2D eigenvalue weighted by molar-refractivity contribution is 5.91. The molecular formula is C22H21FN2O2. The van der Waals surface area contributed by atoms with E-state index in [1.54, 1.807) is 24.3 Å². The maximum Gasteiger partial charge on any atom is 0.320 e. The lowest BCUT2D eigenvalue weighted by Gasteiger charge is -2.27. The van der Waals surface area contributed by atoms with Crippen molar-refractivity contribution in [1.29, 1.82) is 0 Å². The van der Waals surface area contributed by atoms with Crippen molar-refractivity contribution in [3.63, 3.8) is 0 Å². The molecule has 0 aliphatic rings. The third-order valence-electron chi connectivity index (χ3n) is 4.10. The van der Waals surface area contributed by atoms with E-state index in [1.807, 2.05) is 56.3 Å². The van der Waals surface area contributed by atoms with Crippen LogP contribution < -0.4 is 15.4 Å². The molecular weight excluding hydrogens is 343 g/mol. The third kappa shape index (κ3) is 4.85. The van der Waals surface area contributed by atoms with Gasteiger partial charge >= 0.3 is 6.03 Å². The second-order valence-corrected chi connectivity index (χ2v) is 6.62. The van der Waals surface area contributed by atoms with Crippen LogP contribution in [0.25, 0.3) is 0 Å². The van der Waals surface area contributed by atoms with Crippen LogP contribution in [0.1, 0.15) is 19.4 Å². The van der Waals surface area contributed by atoms with E-state index in [1.165, 1.54) is 12.1 Å². The minimum Gasteiger partial charge on any atom is -0.455 e. The Balaban J connectivity index is 1.71. The van der Waals surface area contributed by atoms with E-state index >= 15 is 0 Å². The van der Waals surface area contributed by atoms with Gasteiger partial charge in [-0.25, -0.2) is 9.18 Å².